The largest absolute Gasteiger partial charge is 0.845 e. The molecule has 0 radical (unpaired) electrons. The lowest BCUT2D eigenvalue weighted by atomic mass is 9.99. The normalized spacial score (nSPS) is 19.1. The van der Waals surface area contributed by atoms with Gasteiger partial charge < -0.3 is 15.2 Å². The van der Waals surface area contributed by atoms with E-state index in [1.807, 2.05) is 0 Å². The number of hydrogen-bond donors (Lipinski definition) is 1. The van der Waals surface area contributed by atoms with E-state index in [-0.39, 0.29) is 11.2 Å². The number of nitrogens with zero attached hydrogens (tertiary/aromatic N) is 4. The summed E-state index contributed by atoms with van der Waals surface area (Å²) in [6.45, 7) is 2.66. The highest BCUT2D eigenvalue weighted by molar-refractivity contribution is 7.91. The van der Waals surface area contributed by atoms with Crippen molar-refractivity contribution in [2.75, 3.05) is 22.8 Å². The summed E-state index contributed by atoms with van der Waals surface area (Å²) in [6, 6.07) is 1.03. The van der Waals surface area contributed by atoms with Crippen LogP contribution in [-0.4, -0.2) is 43.9 Å². The summed E-state index contributed by atoms with van der Waals surface area (Å²) in [4.78, 5) is 0. The van der Waals surface area contributed by atoms with Gasteiger partial charge in [0.05, 0.1) is 12.1 Å². The van der Waals surface area contributed by atoms with Crippen LogP contribution in [0.3, 0.4) is 0 Å². The number of rotatable bonds is 5. The number of hydrogen-bond acceptors (Lipinski definition) is 7. The molecule has 5 rings (SSSR count). The Morgan fingerprint density at radius 3 is 2.41 bits per heavy atom. The summed E-state index contributed by atoms with van der Waals surface area (Å²) in [5.74, 6) is 0. The van der Waals surface area contributed by atoms with E-state index in [0.717, 1.165) is 59.6 Å². The van der Waals surface area contributed by atoms with Crippen LogP contribution in [0.4, 0.5) is 10.8 Å². The maximum Gasteiger partial charge on any atom is 0.347 e. The van der Waals surface area contributed by atoms with Crippen molar-refractivity contribution in [3.05, 3.63) is 33.3 Å². The van der Waals surface area contributed by atoms with Crippen LogP contribution >= 0.6 is 11.3 Å². The zero-order valence-electron chi connectivity index (χ0n) is 18.0. The lowest BCUT2D eigenvalue weighted by Gasteiger charge is -2.31. The number of nitrogens with one attached hydrogen (secondary N) is 1. The second-order valence-corrected chi connectivity index (χ2v) is 11.1. The van der Waals surface area contributed by atoms with Crippen LogP contribution in [0.25, 0.3) is 0 Å². The second kappa shape index (κ2) is 8.60. The first-order valence-electron chi connectivity index (χ1n) is 11.0. The van der Waals surface area contributed by atoms with E-state index in [0.29, 0.717) is 31.1 Å². The van der Waals surface area contributed by atoms with Crippen LogP contribution in [0.2, 0.25) is 0 Å². The predicted molar refractivity (Wildman–Crippen MR) is 121 cm³/mol. The molecule has 0 atom stereocenters. The summed E-state index contributed by atoms with van der Waals surface area (Å²) < 4.78 is 36.8. The first kappa shape index (κ1) is 21.6. The van der Waals surface area contributed by atoms with Crippen molar-refractivity contribution < 1.29 is 18.3 Å². The molecule has 2 aliphatic carbocycles. The SMILES string of the molecule is Cc1nnc(N(C2CCOCC2)S(=O)(=O)/N=C(\[O-])Nc2c3c(cc4c2CCC4)CCC3)s1. The van der Waals surface area contributed by atoms with Crippen molar-refractivity contribution in [1.82, 2.24) is 10.2 Å². The van der Waals surface area contributed by atoms with Gasteiger partial charge in [-0.15, -0.1) is 14.6 Å². The van der Waals surface area contributed by atoms with E-state index in [1.165, 1.54) is 22.5 Å². The maximum atomic E-state index is 13.3. The van der Waals surface area contributed by atoms with Gasteiger partial charge in [-0.1, -0.05) is 17.4 Å². The Kier molecular flexibility index (Phi) is 5.81. The Labute approximate surface area is 191 Å². The third-order valence-electron chi connectivity index (χ3n) is 6.38. The second-order valence-electron chi connectivity index (χ2n) is 8.48. The van der Waals surface area contributed by atoms with Crippen LogP contribution < -0.4 is 14.7 Å². The van der Waals surface area contributed by atoms with Crippen molar-refractivity contribution in [2.45, 2.75) is 64.3 Å². The summed E-state index contributed by atoms with van der Waals surface area (Å²) in [5.41, 5.74) is 5.56. The van der Waals surface area contributed by atoms with E-state index >= 15 is 0 Å². The lowest BCUT2D eigenvalue weighted by molar-refractivity contribution is -0.213. The molecule has 0 bridgehead atoms. The van der Waals surface area contributed by atoms with E-state index in [2.05, 4.69) is 26.0 Å². The summed E-state index contributed by atoms with van der Waals surface area (Å²) >= 11 is 1.17. The van der Waals surface area contributed by atoms with E-state index < -0.39 is 16.2 Å². The molecule has 1 saturated heterocycles. The van der Waals surface area contributed by atoms with Gasteiger partial charge in [0.15, 0.2) is 0 Å². The molecule has 2 aromatic rings. The van der Waals surface area contributed by atoms with Gasteiger partial charge in [-0.25, -0.2) is 4.31 Å². The Morgan fingerprint density at radius 1 is 1.16 bits per heavy atom. The molecule has 2 heterocycles. The molecule has 32 heavy (non-hydrogen) atoms. The quantitative estimate of drug-likeness (QED) is 0.517. The number of aromatic nitrogens is 2. The molecule has 0 saturated carbocycles. The van der Waals surface area contributed by atoms with Gasteiger partial charge in [0.25, 0.3) is 0 Å². The number of fused-ring (bicyclic) bond motifs is 2. The Bertz CT molecular complexity index is 1120. The summed E-state index contributed by atoms with van der Waals surface area (Å²) in [6.07, 6.45) is 6.88. The highest BCUT2D eigenvalue weighted by Crippen LogP contribution is 2.38. The maximum absolute atomic E-state index is 13.3. The molecular weight excluding hydrogens is 450 g/mol. The average Bonchev–Trinajstić information content (AvgIpc) is 3.49. The molecule has 1 fully saturated rings. The Balaban J connectivity index is 1.48. The van der Waals surface area contributed by atoms with Gasteiger partial charge in [0, 0.05) is 18.9 Å². The number of benzene rings is 1. The fourth-order valence-corrected chi connectivity index (χ4v) is 7.21. The first-order chi connectivity index (χ1) is 15.4. The van der Waals surface area contributed by atoms with Crippen molar-refractivity contribution >= 4 is 38.4 Å². The van der Waals surface area contributed by atoms with Gasteiger partial charge in [-0.3, -0.25) is 0 Å². The van der Waals surface area contributed by atoms with E-state index in [4.69, 9.17) is 4.74 Å². The number of anilines is 2. The predicted octanol–water partition coefficient (Wildman–Crippen LogP) is 1.88. The van der Waals surface area contributed by atoms with Crippen LogP contribution in [-0.2, 0) is 40.6 Å². The van der Waals surface area contributed by atoms with Gasteiger partial charge in [0.1, 0.15) is 5.01 Å². The third kappa shape index (κ3) is 4.08. The zero-order valence-corrected chi connectivity index (χ0v) is 19.6. The fourth-order valence-electron chi connectivity index (χ4n) is 4.98. The van der Waals surface area contributed by atoms with Gasteiger partial charge in [-0.2, -0.15) is 8.42 Å². The molecule has 3 aliphatic rings. The lowest BCUT2D eigenvalue weighted by Crippen LogP contribution is -2.44. The minimum atomic E-state index is -4.31. The monoisotopic (exact) mass is 476 g/mol. The van der Waals surface area contributed by atoms with Crippen LogP contribution in [0.5, 0.6) is 0 Å². The molecule has 0 spiro atoms. The topological polar surface area (TPSA) is 120 Å². The van der Waals surface area contributed by atoms with Crippen molar-refractivity contribution in [3.63, 3.8) is 0 Å². The number of aryl methyl sites for hydroxylation is 3. The highest BCUT2D eigenvalue weighted by atomic mass is 32.2. The smallest absolute Gasteiger partial charge is 0.347 e. The molecule has 0 unspecified atom stereocenters. The standard InChI is InChI=1S/C21H27N5O4S2/c1-13-23-24-21(31-13)26(16-8-10-30-11-9-16)32(28,29)25-20(27)22-19-17-6-2-4-14(17)12-15-5-3-7-18(15)19/h12,16H,2-11H2,1H3,(H2,22,25,27)/p-1. The number of ether oxygens (including phenoxy) is 1. The molecule has 1 aromatic carbocycles. The Morgan fingerprint density at radius 2 is 1.81 bits per heavy atom. The van der Waals surface area contributed by atoms with E-state index in [9.17, 15) is 13.5 Å². The van der Waals surface area contributed by atoms with Crippen LogP contribution in [0, 0.1) is 6.92 Å². The average molecular weight is 477 g/mol. The molecular formula is C21H26N5O4S2-. The third-order valence-corrected chi connectivity index (χ3v) is 8.70. The van der Waals surface area contributed by atoms with E-state index in [1.54, 1.807) is 6.92 Å². The minimum Gasteiger partial charge on any atom is -0.845 e. The molecule has 0 amide bonds. The number of amidine groups is 1. The molecule has 9 nitrogen and oxygen atoms in total. The molecule has 1 aliphatic heterocycles. The van der Waals surface area contributed by atoms with Crippen molar-refractivity contribution in [2.24, 2.45) is 4.40 Å². The first-order valence-corrected chi connectivity index (χ1v) is 13.3. The van der Waals surface area contributed by atoms with Crippen molar-refractivity contribution in [3.8, 4) is 0 Å². The van der Waals surface area contributed by atoms with Crippen molar-refractivity contribution in [1.29, 1.82) is 0 Å². The van der Waals surface area contributed by atoms with Gasteiger partial charge >= 0.3 is 10.2 Å². The summed E-state index contributed by atoms with van der Waals surface area (Å²) in [7, 11) is -4.31. The fraction of sp³-hybridized carbons (Fsp3) is 0.571. The van der Waals surface area contributed by atoms with Gasteiger partial charge in [-0.05, 0) is 80.5 Å². The van der Waals surface area contributed by atoms with Gasteiger partial charge in [0.2, 0.25) is 5.13 Å². The van der Waals surface area contributed by atoms with Crippen LogP contribution in [0.15, 0.2) is 10.5 Å². The molecule has 11 heteroatoms. The highest BCUT2D eigenvalue weighted by Gasteiger charge is 2.34. The molecule has 1 aromatic heterocycles. The Hall–Kier alpha value is -2.24. The summed E-state index contributed by atoms with van der Waals surface area (Å²) in [5, 5.41) is 24.6. The zero-order chi connectivity index (χ0) is 22.3. The van der Waals surface area contributed by atoms with Crippen LogP contribution in [0.1, 0.15) is 52.9 Å². The minimum absolute atomic E-state index is 0.229. The molecule has 172 valence electrons. The molecule has 1 N–H and O–H groups in total.